The molecule has 1 aliphatic rings. The van der Waals surface area contributed by atoms with Crippen molar-refractivity contribution in [3.63, 3.8) is 0 Å². The number of ether oxygens (including phenoxy) is 2. The Hall–Kier alpha value is -3.06. The first kappa shape index (κ1) is 21.2. The number of carbonyl (C=O) groups excluding carboxylic acids is 1. The van der Waals surface area contributed by atoms with Gasteiger partial charge in [0.05, 0.1) is 18.8 Å². The van der Waals surface area contributed by atoms with E-state index in [9.17, 15) is 4.79 Å². The molecule has 1 N–H and O–H groups in total. The van der Waals surface area contributed by atoms with Gasteiger partial charge >= 0.3 is 6.09 Å². The molecule has 31 heavy (non-hydrogen) atoms. The Balaban J connectivity index is 1.42. The Morgan fingerprint density at radius 3 is 2.48 bits per heavy atom. The predicted octanol–water partition coefficient (Wildman–Crippen LogP) is 4.29. The topological polar surface area (TPSA) is 70.7 Å². The minimum absolute atomic E-state index is 0.233. The van der Waals surface area contributed by atoms with Crippen molar-refractivity contribution in [2.45, 2.75) is 32.9 Å². The van der Waals surface area contributed by atoms with Crippen LogP contribution in [-0.4, -0.2) is 65.0 Å². The van der Waals surface area contributed by atoms with Crippen LogP contribution in [0.5, 0.6) is 5.75 Å². The summed E-state index contributed by atoms with van der Waals surface area (Å²) >= 11 is 0. The van der Waals surface area contributed by atoms with Crippen LogP contribution in [-0.2, 0) is 11.3 Å². The van der Waals surface area contributed by atoms with Gasteiger partial charge in [0.25, 0.3) is 0 Å². The maximum Gasteiger partial charge on any atom is 0.410 e. The van der Waals surface area contributed by atoms with E-state index in [1.54, 1.807) is 12.0 Å². The zero-order valence-electron chi connectivity index (χ0n) is 18.6. The van der Waals surface area contributed by atoms with E-state index >= 15 is 0 Å². The fourth-order valence-electron chi connectivity index (χ4n) is 3.83. The predicted molar refractivity (Wildman–Crippen MR) is 121 cm³/mol. The van der Waals surface area contributed by atoms with Gasteiger partial charge in [-0.3, -0.25) is 10.00 Å². The third-order valence-corrected chi connectivity index (χ3v) is 5.48. The number of amides is 1. The first-order valence-corrected chi connectivity index (χ1v) is 10.6. The van der Waals surface area contributed by atoms with E-state index in [2.05, 4.69) is 45.4 Å². The number of piperazine rings is 1. The summed E-state index contributed by atoms with van der Waals surface area (Å²) in [5, 5.41) is 8.17. The van der Waals surface area contributed by atoms with Crippen molar-refractivity contribution in [1.29, 1.82) is 0 Å². The Morgan fingerprint density at radius 2 is 1.77 bits per heavy atom. The van der Waals surface area contributed by atoms with Gasteiger partial charge in [0.15, 0.2) is 0 Å². The van der Waals surface area contributed by atoms with E-state index in [4.69, 9.17) is 9.47 Å². The van der Waals surface area contributed by atoms with E-state index in [0.717, 1.165) is 53.0 Å². The van der Waals surface area contributed by atoms with Crippen molar-refractivity contribution in [2.75, 3.05) is 33.3 Å². The van der Waals surface area contributed by atoms with Crippen LogP contribution in [0.3, 0.4) is 0 Å². The molecule has 0 bridgehead atoms. The lowest BCUT2D eigenvalue weighted by Gasteiger charge is -2.35. The summed E-state index contributed by atoms with van der Waals surface area (Å²) in [5.41, 5.74) is 3.94. The van der Waals surface area contributed by atoms with Gasteiger partial charge in [-0.05, 0) is 50.1 Å². The van der Waals surface area contributed by atoms with Crippen molar-refractivity contribution in [1.82, 2.24) is 20.0 Å². The summed E-state index contributed by atoms with van der Waals surface area (Å²) < 4.78 is 11.2. The molecule has 7 nitrogen and oxygen atoms in total. The second-order valence-corrected chi connectivity index (χ2v) is 8.94. The third-order valence-electron chi connectivity index (χ3n) is 5.48. The Bertz CT molecular complexity index is 1060. The van der Waals surface area contributed by atoms with Crippen LogP contribution in [0, 0.1) is 0 Å². The van der Waals surface area contributed by atoms with Gasteiger partial charge < -0.3 is 14.4 Å². The molecular formula is C24H30N4O3. The van der Waals surface area contributed by atoms with Gasteiger partial charge in [-0.15, -0.1) is 0 Å². The summed E-state index contributed by atoms with van der Waals surface area (Å²) in [6, 6.07) is 12.6. The number of fused-ring (bicyclic) bond motifs is 1. The number of hydrogen-bond donors (Lipinski definition) is 1. The molecule has 1 saturated heterocycles. The largest absolute Gasteiger partial charge is 0.496 e. The number of benzene rings is 2. The van der Waals surface area contributed by atoms with Gasteiger partial charge in [0.1, 0.15) is 11.4 Å². The van der Waals surface area contributed by atoms with E-state index in [1.807, 2.05) is 33.0 Å². The first-order valence-electron chi connectivity index (χ1n) is 10.6. The molecule has 3 aromatic rings. The van der Waals surface area contributed by atoms with Crippen LogP contribution in [0.1, 0.15) is 26.3 Å². The molecule has 2 aromatic carbocycles. The van der Waals surface area contributed by atoms with Crippen LogP contribution in [0.25, 0.3) is 22.0 Å². The highest BCUT2D eigenvalue weighted by Gasteiger charge is 2.26. The number of rotatable bonds is 4. The number of aromatic nitrogens is 2. The Kier molecular flexibility index (Phi) is 5.87. The highest BCUT2D eigenvalue weighted by atomic mass is 16.6. The minimum atomic E-state index is -0.467. The fourth-order valence-corrected chi connectivity index (χ4v) is 3.83. The summed E-state index contributed by atoms with van der Waals surface area (Å²) in [5.74, 6) is 0.874. The highest BCUT2D eigenvalue weighted by molar-refractivity contribution is 5.84. The monoisotopic (exact) mass is 422 g/mol. The molecule has 0 radical (unpaired) electrons. The molecule has 4 rings (SSSR count). The van der Waals surface area contributed by atoms with Crippen molar-refractivity contribution in [3.8, 4) is 16.9 Å². The molecule has 2 heterocycles. The van der Waals surface area contributed by atoms with E-state index in [0.29, 0.717) is 13.1 Å². The summed E-state index contributed by atoms with van der Waals surface area (Å²) in [6.07, 6.45) is 1.60. The average molecular weight is 423 g/mol. The van der Waals surface area contributed by atoms with Crippen molar-refractivity contribution in [2.24, 2.45) is 0 Å². The quantitative estimate of drug-likeness (QED) is 0.679. The number of methoxy groups -OCH3 is 1. The molecule has 0 spiro atoms. The molecule has 164 valence electrons. The maximum atomic E-state index is 12.3. The van der Waals surface area contributed by atoms with Crippen molar-refractivity contribution >= 4 is 17.0 Å². The fraction of sp³-hybridized carbons (Fsp3) is 0.417. The Morgan fingerprint density at radius 1 is 1.06 bits per heavy atom. The zero-order chi connectivity index (χ0) is 22.0. The van der Waals surface area contributed by atoms with E-state index in [-0.39, 0.29) is 6.09 Å². The number of carbonyl (C=O) groups is 1. The number of aromatic amines is 1. The summed E-state index contributed by atoms with van der Waals surface area (Å²) in [6.45, 7) is 9.41. The molecule has 0 saturated carbocycles. The second kappa shape index (κ2) is 8.59. The number of nitrogens with zero attached hydrogens (tertiary/aromatic N) is 3. The molecule has 0 atom stereocenters. The molecule has 1 amide bonds. The first-order chi connectivity index (χ1) is 14.8. The summed E-state index contributed by atoms with van der Waals surface area (Å²) in [4.78, 5) is 16.4. The van der Waals surface area contributed by atoms with Gasteiger partial charge in [-0.2, -0.15) is 5.10 Å². The SMILES string of the molecule is COc1cc(-c2ccc3[nH]ncc3c2)ccc1CN1CCN(C(=O)OC(C)(C)C)CC1. The Labute approximate surface area is 182 Å². The number of hydrogen-bond acceptors (Lipinski definition) is 5. The smallest absolute Gasteiger partial charge is 0.410 e. The van der Waals surface area contributed by atoms with Crippen LogP contribution >= 0.6 is 0 Å². The number of nitrogens with one attached hydrogen (secondary N) is 1. The van der Waals surface area contributed by atoms with Crippen molar-refractivity contribution < 1.29 is 14.3 Å². The van der Waals surface area contributed by atoms with Gasteiger partial charge in [-0.1, -0.05) is 18.2 Å². The zero-order valence-corrected chi connectivity index (χ0v) is 18.6. The van der Waals surface area contributed by atoms with Gasteiger partial charge in [-0.25, -0.2) is 4.79 Å². The summed E-state index contributed by atoms with van der Waals surface area (Å²) in [7, 11) is 1.71. The molecule has 0 unspecified atom stereocenters. The standard InChI is InChI=1S/C24H30N4O3/c1-24(2,3)31-23(29)28-11-9-27(10-12-28)16-19-6-5-18(14-22(19)30-4)17-7-8-21-20(13-17)15-25-26-21/h5-8,13-15H,9-12,16H2,1-4H3,(H,25,26). The van der Waals surface area contributed by atoms with Crippen LogP contribution in [0.2, 0.25) is 0 Å². The molecule has 1 aromatic heterocycles. The molecule has 1 fully saturated rings. The normalized spacial score (nSPS) is 15.3. The minimum Gasteiger partial charge on any atom is -0.496 e. The molecule has 1 aliphatic heterocycles. The van der Waals surface area contributed by atoms with Gasteiger partial charge in [0.2, 0.25) is 0 Å². The molecule has 0 aliphatic carbocycles. The van der Waals surface area contributed by atoms with Gasteiger partial charge in [0, 0.05) is 43.7 Å². The van der Waals surface area contributed by atoms with Crippen LogP contribution < -0.4 is 4.74 Å². The molecular weight excluding hydrogens is 392 g/mol. The maximum absolute atomic E-state index is 12.3. The second-order valence-electron chi connectivity index (χ2n) is 8.94. The lowest BCUT2D eigenvalue weighted by molar-refractivity contribution is 0.0138. The molecule has 7 heteroatoms. The van der Waals surface area contributed by atoms with Crippen LogP contribution in [0.15, 0.2) is 42.6 Å². The third kappa shape index (κ3) is 4.99. The van der Waals surface area contributed by atoms with E-state index in [1.165, 1.54) is 0 Å². The highest BCUT2D eigenvalue weighted by Crippen LogP contribution is 2.30. The van der Waals surface area contributed by atoms with Crippen molar-refractivity contribution in [3.05, 3.63) is 48.2 Å². The average Bonchev–Trinajstić information content (AvgIpc) is 3.21. The lowest BCUT2D eigenvalue weighted by atomic mass is 10.0. The number of H-pyrrole nitrogens is 1. The lowest BCUT2D eigenvalue weighted by Crippen LogP contribution is -2.49. The van der Waals surface area contributed by atoms with E-state index < -0.39 is 5.60 Å². The van der Waals surface area contributed by atoms with Crippen LogP contribution in [0.4, 0.5) is 4.79 Å².